The molecule has 17 nitrogen and oxygen atoms in total. The smallest absolute Gasteiger partial charge is 0.462 e. The number of carbonyl (C=O) groups excluding carboxylic acids is 4. The van der Waals surface area contributed by atoms with E-state index >= 15 is 0 Å². The van der Waals surface area contributed by atoms with Crippen molar-refractivity contribution >= 4 is 39.5 Å². The van der Waals surface area contributed by atoms with E-state index in [2.05, 4.69) is 20.8 Å². The average molecular weight is 1130 g/mol. The first-order chi connectivity index (χ1) is 36.7. The Bertz CT molecular complexity index is 1490. The predicted molar refractivity (Wildman–Crippen MR) is 299 cm³/mol. The highest BCUT2D eigenvalue weighted by molar-refractivity contribution is 7.47. The summed E-state index contributed by atoms with van der Waals surface area (Å²) in [6.45, 7) is 4.39. The molecule has 450 valence electrons. The molecule has 5 atom stereocenters. The van der Waals surface area contributed by atoms with Crippen molar-refractivity contribution in [2.75, 3.05) is 39.6 Å². The molecule has 0 aliphatic carbocycles. The summed E-state index contributed by atoms with van der Waals surface area (Å²) in [4.78, 5) is 70.8. The van der Waals surface area contributed by atoms with Crippen LogP contribution in [0.25, 0.3) is 0 Å². The van der Waals surface area contributed by atoms with E-state index in [1.54, 1.807) is 6.92 Å². The molecule has 0 aromatic rings. The second kappa shape index (κ2) is 52.4. The maximum atomic E-state index is 12.8. The predicted octanol–water partition coefficient (Wildman–Crippen LogP) is 15.2. The topological polar surface area (TPSA) is 237 Å². The summed E-state index contributed by atoms with van der Waals surface area (Å²) in [7, 11) is -9.84. The van der Waals surface area contributed by atoms with Gasteiger partial charge in [0.1, 0.15) is 19.3 Å². The normalized spacial score (nSPS) is 14.4. The molecule has 19 heteroatoms. The molecular formula is C57H110O17P2. The lowest BCUT2D eigenvalue weighted by Crippen LogP contribution is -2.30. The van der Waals surface area contributed by atoms with E-state index in [1.165, 1.54) is 128 Å². The third-order valence-electron chi connectivity index (χ3n) is 13.1. The van der Waals surface area contributed by atoms with Crippen LogP contribution in [0, 0.1) is 0 Å². The molecule has 3 N–H and O–H groups in total. The number of carbonyl (C=O) groups is 4. The highest BCUT2D eigenvalue weighted by atomic mass is 31.2. The van der Waals surface area contributed by atoms with E-state index in [9.17, 15) is 43.2 Å². The van der Waals surface area contributed by atoms with Gasteiger partial charge >= 0.3 is 39.5 Å². The number of phosphoric ester groups is 2. The van der Waals surface area contributed by atoms with E-state index in [0.717, 1.165) is 77.0 Å². The Balaban J connectivity index is 4.88. The van der Waals surface area contributed by atoms with Crippen molar-refractivity contribution in [1.82, 2.24) is 0 Å². The van der Waals surface area contributed by atoms with E-state index < -0.39 is 97.5 Å². The minimum absolute atomic E-state index is 0.105. The molecule has 0 heterocycles. The van der Waals surface area contributed by atoms with Crippen LogP contribution in [0.15, 0.2) is 0 Å². The Morgan fingerprint density at radius 3 is 0.829 bits per heavy atom. The van der Waals surface area contributed by atoms with Gasteiger partial charge in [0, 0.05) is 25.7 Å². The maximum absolute atomic E-state index is 12.8. The van der Waals surface area contributed by atoms with Crippen molar-refractivity contribution in [3.8, 4) is 0 Å². The molecule has 0 amide bonds. The number of ether oxygens (including phenoxy) is 4. The third-order valence-corrected chi connectivity index (χ3v) is 15.0. The van der Waals surface area contributed by atoms with Gasteiger partial charge in [0.15, 0.2) is 12.2 Å². The van der Waals surface area contributed by atoms with Crippen molar-refractivity contribution in [2.45, 2.75) is 303 Å². The molecule has 0 bridgehead atoms. The van der Waals surface area contributed by atoms with E-state index in [-0.39, 0.29) is 25.7 Å². The van der Waals surface area contributed by atoms with E-state index in [1.807, 2.05) is 0 Å². The molecule has 0 spiro atoms. The molecule has 76 heavy (non-hydrogen) atoms. The van der Waals surface area contributed by atoms with Gasteiger partial charge in [-0.2, -0.15) is 0 Å². The van der Waals surface area contributed by atoms with Gasteiger partial charge in [-0.3, -0.25) is 37.3 Å². The fourth-order valence-electron chi connectivity index (χ4n) is 8.43. The Morgan fingerprint density at radius 1 is 0.316 bits per heavy atom. The molecular weight excluding hydrogens is 1020 g/mol. The lowest BCUT2D eigenvalue weighted by molar-refractivity contribution is -0.161. The van der Waals surface area contributed by atoms with Gasteiger partial charge in [-0.1, -0.05) is 233 Å². The van der Waals surface area contributed by atoms with Crippen molar-refractivity contribution in [3.05, 3.63) is 0 Å². The summed E-state index contributed by atoms with van der Waals surface area (Å²) in [5, 5.41) is 10.4. The van der Waals surface area contributed by atoms with Crippen LogP contribution < -0.4 is 0 Å². The minimum atomic E-state index is -4.92. The Hall–Kier alpha value is -1.94. The summed E-state index contributed by atoms with van der Waals surface area (Å²) in [6, 6.07) is 0. The Morgan fingerprint density at radius 2 is 0.553 bits per heavy atom. The van der Waals surface area contributed by atoms with Crippen LogP contribution in [0.3, 0.4) is 0 Å². The third kappa shape index (κ3) is 51.5. The zero-order valence-corrected chi connectivity index (χ0v) is 50.0. The molecule has 0 fully saturated rings. The molecule has 0 saturated heterocycles. The van der Waals surface area contributed by atoms with Crippen LogP contribution in [0.2, 0.25) is 0 Å². The highest BCUT2D eigenvalue weighted by Crippen LogP contribution is 2.45. The highest BCUT2D eigenvalue weighted by Gasteiger charge is 2.30. The number of hydrogen-bond acceptors (Lipinski definition) is 15. The summed E-state index contributed by atoms with van der Waals surface area (Å²) in [5.74, 6) is -2.21. The van der Waals surface area contributed by atoms with Crippen molar-refractivity contribution in [2.24, 2.45) is 0 Å². The molecule has 0 aromatic carbocycles. The Labute approximate surface area is 460 Å². The number of aliphatic hydroxyl groups is 1. The number of phosphoric acid groups is 2. The molecule has 0 rings (SSSR count). The van der Waals surface area contributed by atoms with Gasteiger partial charge in [0.25, 0.3) is 0 Å². The van der Waals surface area contributed by atoms with Crippen LogP contribution in [0.1, 0.15) is 285 Å². The molecule has 2 unspecified atom stereocenters. The first-order valence-electron chi connectivity index (χ1n) is 30.3. The van der Waals surface area contributed by atoms with Crippen LogP contribution in [0.4, 0.5) is 0 Å². The van der Waals surface area contributed by atoms with E-state index in [0.29, 0.717) is 25.7 Å². The molecule has 0 aromatic heterocycles. The fourth-order valence-corrected chi connectivity index (χ4v) is 10.0. The largest absolute Gasteiger partial charge is 0.472 e. The number of aliphatic hydroxyl groups excluding tert-OH is 1. The molecule has 0 aliphatic rings. The zero-order chi connectivity index (χ0) is 56.2. The van der Waals surface area contributed by atoms with E-state index in [4.69, 9.17) is 37.0 Å². The van der Waals surface area contributed by atoms with Gasteiger partial charge in [0.05, 0.1) is 26.4 Å². The number of esters is 4. The zero-order valence-electron chi connectivity index (χ0n) is 48.2. The number of unbranched alkanes of at least 4 members (excludes halogenated alkanes) is 32. The van der Waals surface area contributed by atoms with Crippen LogP contribution in [0.5, 0.6) is 0 Å². The van der Waals surface area contributed by atoms with Gasteiger partial charge in [-0.15, -0.1) is 0 Å². The molecule has 0 aliphatic heterocycles. The monoisotopic (exact) mass is 1130 g/mol. The fraction of sp³-hybridized carbons (Fsp3) is 0.930. The van der Waals surface area contributed by atoms with Crippen molar-refractivity contribution in [1.29, 1.82) is 0 Å². The maximum Gasteiger partial charge on any atom is 0.472 e. The molecule has 0 radical (unpaired) electrons. The first-order valence-corrected chi connectivity index (χ1v) is 33.3. The second-order valence-electron chi connectivity index (χ2n) is 20.7. The standard InChI is InChI=1S/C57H110O17P2/c1-5-9-12-15-17-19-21-23-25-27-29-31-33-36-39-43-56(61)73-52(47-67-54(59)41-8-4)49-71-75(63,64)69-45-51(58)46-70-76(65,66)72-50-53(48-68-55(60)42-38-35-14-11-7-3)74-57(62)44-40-37-34-32-30-28-26-24-22-20-18-16-13-10-6-2/h51-53,58H,5-50H2,1-4H3,(H,63,64)(H,65,66)/t51-,52-,53-/m1/s1. The first kappa shape index (κ1) is 74.1. The average Bonchev–Trinajstić information content (AvgIpc) is 3.39. The number of rotatable bonds is 58. The quantitative estimate of drug-likeness (QED) is 0.0222. The second-order valence-corrected chi connectivity index (χ2v) is 23.6. The van der Waals surface area contributed by atoms with Gasteiger partial charge in [0.2, 0.25) is 0 Å². The van der Waals surface area contributed by atoms with Gasteiger partial charge in [-0.25, -0.2) is 9.13 Å². The summed E-state index contributed by atoms with van der Waals surface area (Å²) in [6.07, 6.45) is 36.8. The lowest BCUT2D eigenvalue weighted by atomic mass is 10.0. The lowest BCUT2D eigenvalue weighted by Gasteiger charge is -2.21. The van der Waals surface area contributed by atoms with Crippen LogP contribution >= 0.6 is 15.6 Å². The minimum Gasteiger partial charge on any atom is -0.462 e. The van der Waals surface area contributed by atoms with Crippen LogP contribution in [-0.4, -0.2) is 96.7 Å². The summed E-state index contributed by atoms with van der Waals surface area (Å²) >= 11 is 0. The van der Waals surface area contributed by atoms with Gasteiger partial charge < -0.3 is 33.8 Å². The summed E-state index contributed by atoms with van der Waals surface area (Å²) in [5.41, 5.74) is 0. The Kier molecular flexibility index (Phi) is 51.1. The SMILES string of the molecule is CCCCCCCCCCCCCCCCCC(=O)O[C@H](COC(=O)CCC)COP(=O)(O)OC[C@@H](O)COP(=O)(O)OC[C@@H](COC(=O)CCCCCCC)OC(=O)CCCCCCCCCCCCCCCCC. The molecule has 0 saturated carbocycles. The van der Waals surface area contributed by atoms with Crippen molar-refractivity contribution in [3.63, 3.8) is 0 Å². The summed E-state index contributed by atoms with van der Waals surface area (Å²) < 4.78 is 66.9. The van der Waals surface area contributed by atoms with Gasteiger partial charge in [-0.05, 0) is 25.7 Å². The van der Waals surface area contributed by atoms with Crippen molar-refractivity contribution < 1.29 is 80.2 Å². The number of hydrogen-bond donors (Lipinski definition) is 3. The van der Waals surface area contributed by atoms with Crippen LogP contribution in [-0.2, 0) is 65.4 Å².